The maximum atomic E-state index is 13.1. The summed E-state index contributed by atoms with van der Waals surface area (Å²) < 4.78 is 24.1. The Bertz CT molecular complexity index is 408. The van der Waals surface area contributed by atoms with E-state index in [1.54, 1.807) is 13.2 Å². The van der Waals surface area contributed by atoms with Crippen molar-refractivity contribution < 1.29 is 19.0 Å². The molecule has 94 valence electrons. The van der Waals surface area contributed by atoms with Crippen molar-refractivity contribution in [2.75, 3.05) is 13.7 Å². The standard InChI is InChI=1S/C13H17FO3/c1-3-13(8-16-2)7-11(15)10-6-9(14)4-5-12(10)17-13/h4-6,11,15H,3,7-8H2,1-2H3/t11-,13?/m0/s1. The third-order valence-electron chi connectivity index (χ3n) is 3.27. The lowest BCUT2D eigenvalue weighted by molar-refractivity contribution is -0.0627. The fraction of sp³-hybridized carbons (Fsp3) is 0.538. The third-order valence-corrected chi connectivity index (χ3v) is 3.27. The quantitative estimate of drug-likeness (QED) is 0.882. The normalized spacial score (nSPS) is 27.4. The molecular formula is C13H17FO3. The van der Waals surface area contributed by atoms with Crippen LogP contribution in [0.5, 0.6) is 5.75 Å². The molecule has 1 aromatic carbocycles. The maximum Gasteiger partial charge on any atom is 0.135 e. The number of benzene rings is 1. The average Bonchev–Trinajstić information content (AvgIpc) is 2.31. The van der Waals surface area contributed by atoms with Crippen molar-refractivity contribution >= 4 is 0 Å². The highest BCUT2D eigenvalue weighted by Gasteiger charge is 2.39. The second kappa shape index (κ2) is 4.63. The van der Waals surface area contributed by atoms with Crippen LogP contribution in [0.25, 0.3) is 0 Å². The molecule has 1 unspecified atom stereocenters. The molecule has 0 amide bonds. The molecule has 1 heterocycles. The third kappa shape index (κ3) is 2.28. The van der Waals surface area contributed by atoms with Crippen LogP contribution in [0.2, 0.25) is 0 Å². The summed E-state index contributed by atoms with van der Waals surface area (Å²) in [6, 6.07) is 4.23. The molecule has 1 N–H and O–H groups in total. The number of rotatable bonds is 3. The van der Waals surface area contributed by atoms with Crippen molar-refractivity contribution in [3.05, 3.63) is 29.6 Å². The van der Waals surface area contributed by atoms with E-state index in [1.807, 2.05) is 6.92 Å². The van der Waals surface area contributed by atoms with Gasteiger partial charge < -0.3 is 14.6 Å². The van der Waals surface area contributed by atoms with Crippen molar-refractivity contribution in [3.63, 3.8) is 0 Å². The molecule has 2 atom stereocenters. The topological polar surface area (TPSA) is 38.7 Å². The zero-order valence-corrected chi connectivity index (χ0v) is 10.1. The highest BCUT2D eigenvalue weighted by atomic mass is 19.1. The van der Waals surface area contributed by atoms with Crippen LogP contribution in [0.15, 0.2) is 18.2 Å². The van der Waals surface area contributed by atoms with Gasteiger partial charge in [0.15, 0.2) is 0 Å². The van der Waals surface area contributed by atoms with E-state index in [0.29, 0.717) is 24.3 Å². The fourth-order valence-electron chi connectivity index (χ4n) is 2.28. The zero-order chi connectivity index (χ0) is 12.5. The predicted octanol–water partition coefficient (Wildman–Crippen LogP) is 2.44. The van der Waals surface area contributed by atoms with Crippen LogP contribution in [-0.4, -0.2) is 24.4 Å². The number of hydrogen-bond donors (Lipinski definition) is 1. The van der Waals surface area contributed by atoms with E-state index in [9.17, 15) is 9.50 Å². The smallest absolute Gasteiger partial charge is 0.135 e. The first-order valence-corrected chi connectivity index (χ1v) is 5.76. The van der Waals surface area contributed by atoms with Gasteiger partial charge in [-0.1, -0.05) is 6.92 Å². The van der Waals surface area contributed by atoms with Crippen LogP contribution < -0.4 is 4.74 Å². The fourth-order valence-corrected chi connectivity index (χ4v) is 2.28. The predicted molar refractivity (Wildman–Crippen MR) is 61.5 cm³/mol. The molecule has 0 bridgehead atoms. The van der Waals surface area contributed by atoms with Gasteiger partial charge in [-0.05, 0) is 24.6 Å². The molecular weight excluding hydrogens is 223 g/mol. The Kier molecular flexibility index (Phi) is 3.35. The van der Waals surface area contributed by atoms with Crippen LogP contribution in [0, 0.1) is 5.82 Å². The van der Waals surface area contributed by atoms with E-state index >= 15 is 0 Å². The molecule has 3 nitrogen and oxygen atoms in total. The van der Waals surface area contributed by atoms with Crippen LogP contribution in [0.3, 0.4) is 0 Å². The number of ether oxygens (including phenoxy) is 2. The summed E-state index contributed by atoms with van der Waals surface area (Å²) in [6.07, 6.45) is 0.451. The molecule has 0 saturated heterocycles. The van der Waals surface area contributed by atoms with Gasteiger partial charge >= 0.3 is 0 Å². The molecule has 0 aliphatic carbocycles. The van der Waals surface area contributed by atoms with E-state index < -0.39 is 11.7 Å². The Balaban J connectivity index is 2.35. The second-order valence-corrected chi connectivity index (χ2v) is 4.47. The Morgan fingerprint density at radius 3 is 3.00 bits per heavy atom. The van der Waals surface area contributed by atoms with Gasteiger partial charge in [0.25, 0.3) is 0 Å². The zero-order valence-electron chi connectivity index (χ0n) is 10.1. The van der Waals surface area contributed by atoms with Gasteiger partial charge in [-0.15, -0.1) is 0 Å². The highest BCUT2D eigenvalue weighted by Crippen LogP contribution is 2.41. The average molecular weight is 240 g/mol. The van der Waals surface area contributed by atoms with Gasteiger partial charge in [-0.25, -0.2) is 4.39 Å². The van der Waals surface area contributed by atoms with Gasteiger partial charge in [-0.3, -0.25) is 0 Å². The Morgan fingerprint density at radius 1 is 1.59 bits per heavy atom. The van der Waals surface area contributed by atoms with Crippen molar-refractivity contribution in [1.29, 1.82) is 0 Å². The lowest BCUT2D eigenvalue weighted by Crippen LogP contribution is -2.44. The van der Waals surface area contributed by atoms with Crippen molar-refractivity contribution in [2.45, 2.75) is 31.5 Å². The summed E-state index contributed by atoms with van der Waals surface area (Å²) >= 11 is 0. The van der Waals surface area contributed by atoms with E-state index in [-0.39, 0.29) is 5.82 Å². The minimum Gasteiger partial charge on any atom is -0.484 e. The Labute approximate surface area is 100 Å². The lowest BCUT2D eigenvalue weighted by Gasteiger charge is -2.39. The van der Waals surface area contributed by atoms with E-state index in [0.717, 1.165) is 6.42 Å². The van der Waals surface area contributed by atoms with Crippen LogP contribution in [0.1, 0.15) is 31.4 Å². The minimum absolute atomic E-state index is 0.359. The van der Waals surface area contributed by atoms with E-state index in [2.05, 4.69) is 0 Å². The summed E-state index contributed by atoms with van der Waals surface area (Å²) in [5.41, 5.74) is 0.00380. The first-order chi connectivity index (χ1) is 8.10. The maximum absolute atomic E-state index is 13.1. The molecule has 17 heavy (non-hydrogen) atoms. The summed E-state index contributed by atoms with van der Waals surface area (Å²) in [6.45, 7) is 2.40. The molecule has 4 heteroatoms. The highest BCUT2D eigenvalue weighted by molar-refractivity contribution is 5.38. The van der Waals surface area contributed by atoms with Crippen LogP contribution in [0.4, 0.5) is 4.39 Å². The number of fused-ring (bicyclic) bond motifs is 1. The van der Waals surface area contributed by atoms with Crippen molar-refractivity contribution in [1.82, 2.24) is 0 Å². The van der Waals surface area contributed by atoms with Crippen LogP contribution in [-0.2, 0) is 4.74 Å². The molecule has 1 aromatic rings. The minimum atomic E-state index is -0.704. The lowest BCUT2D eigenvalue weighted by atomic mass is 9.87. The van der Waals surface area contributed by atoms with Gasteiger partial charge in [-0.2, -0.15) is 0 Å². The van der Waals surface area contributed by atoms with Crippen molar-refractivity contribution in [2.24, 2.45) is 0 Å². The second-order valence-electron chi connectivity index (χ2n) is 4.47. The van der Waals surface area contributed by atoms with Gasteiger partial charge in [0.05, 0.1) is 12.7 Å². The number of aliphatic hydroxyl groups excluding tert-OH is 1. The van der Waals surface area contributed by atoms with Crippen LogP contribution >= 0.6 is 0 Å². The molecule has 0 fully saturated rings. The molecule has 1 aliphatic heterocycles. The molecule has 1 aliphatic rings. The Morgan fingerprint density at radius 2 is 2.35 bits per heavy atom. The molecule has 0 saturated carbocycles. The Hall–Kier alpha value is -1.13. The first kappa shape index (κ1) is 12.3. The SMILES string of the molecule is CCC1(COC)C[C@H](O)c2cc(F)ccc2O1. The molecule has 0 radical (unpaired) electrons. The van der Waals surface area contributed by atoms with E-state index in [4.69, 9.17) is 9.47 Å². The first-order valence-electron chi connectivity index (χ1n) is 5.76. The van der Waals surface area contributed by atoms with E-state index in [1.165, 1.54) is 12.1 Å². The number of halogens is 1. The molecule has 0 spiro atoms. The van der Waals surface area contributed by atoms with Gasteiger partial charge in [0.2, 0.25) is 0 Å². The largest absolute Gasteiger partial charge is 0.484 e. The molecule has 2 rings (SSSR count). The monoisotopic (exact) mass is 240 g/mol. The van der Waals surface area contributed by atoms with Gasteiger partial charge in [0, 0.05) is 19.1 Å². The van der Waals surface area contributed by atoms with Crippen molar-refractivity contribution in [3.8, 4) is 5.75 Å². The summed E-state index contributed by atoms with van der Waals surface area (Å²) in [7, 11) is 1.60. The number of hydrogen-bond acceptors (Lipinski definition) is 3. The summed E-state index contributed by atoms with van der Waals surface area (Å²) in [5.74, 6) is 0.186. The van der Waals surface area contributed by atoms with Gasteiger partial charge in [0.1, 0.15) is 17.2 Å². The molecule has 0 aromatic heterocycles. The summed E-state index contributed by atoms with van der Waals surface area (Å²) in [5, 5.41) is 10.1. The number of aliphatic hydroxyl groups is 1. The number of methoxy groups -OCH3 is 1. The summed E-state index contributed by atoms with van der Waals surface area (Å²) in [4.78, 5) is 0.